The van der Waals surface area contributed by atoms with Crippen molar-refractivity contribution >= 4 is 61.9 Å². The third-order valence-corrected chi connectivity index (χ3v) is 11.0. The summed E-state index contributed by atoms with van der Waals surface area (Å²) in [5.41, 5.74) is 0. The predicted molar refractivity (Wildman–Crippen MR) is 214 cm³/mol. The summed E-state index contributed by atoms with van der Waals surface area (Å²) in [5, 5.41) is 9.56. The van der Waals surface area contributed by atoms with Crippen molar-refractivity contribution in [2.45, 2.75) is 41.2 Å². The molecule has 50 heavy (non-hydrogen) atoms. The summed E-state index contributed by atoms with van der Waals surface area (Å²) in [6.07, 6.45) is 0. The van der Waals surface area contributed by atoms with Crippen LogP contribution in [-0.4, -0.2) is 66.1 Å². The van der Waals surface area contributed by atoms with Gasteiger partial charge in [0.25, 0.3) is 0 Å². The topological polar surface area (TPSA) is 64.6 Å². The van der Waals surface area contributed by atoms with Crippen molar-refractivity contribution in [1.82, 2.24) is 0 Å². The minimum Gasteiger partial charge on any atom is -0.495 e. The lowest BCUT2D eigenvalue weighted by atomic mass is 10.0. The summed E-state index contributed by atoms with van der Waals surface area (Å²) in [6, 6.07) is 37.6. The molecule has 0 N–H and O–H groups in total. The number of benzene rings is 6. The first-order chi connectivity index (χ1) is 24.5. The van der Waals surface area contributed by atoms with Gasteiger partial charge in [-0.05, 0) is 74.8 Å². The van der Waals surface area contributed by atoms with Crippen LogP contribution >= 0.6 is 0 Å². The molecule has 0 aliphatic carbocycles. The van der Waals surface area contributed by atoms with E-state index in [4.69, 9.17) is 31.6 Å². The maximum absolute atomic E-state index is 5.54. The molecule has 0 atom stereocenters. The molecule has 9 heteroatoms. The molecule has 0 fully saturated rings. The van der Waals surface area contributed by atoms with E-state index in [1.807, 2.05) is 65.4 Å². The van der Waals surface area contributed by atoms with Crippen molar-refractivity contribution in [3.8, 4) is 11.5 Å². The molecule has 0 saturated carbocycles. The van der Waals surface area contributed by atoms with E-state index < -0.39 is 18.8 Å². The normalized spacial score (nSPS) is 10.8. The van der Waals surface area contributed by atoms with Crippen molar-refractivity contribution < 1.29 is 31.6 Å². The highest BCUT2D eigenvalue weighted by atomic mass is 28.3. The van der Waals surface area contributed by atoms with Gasteiger partial charge in [0.15, 0.2) is 0 Å². The van der Waals surface area contributed by atoms with Crippen LogP contribution in [0.15, 0.2) is 109 Å². The molecule has 0 saturated heterocycles. The highest BCUT2D eigenvalue weighted by Crippen LogP contribution is 2.35. The highest BCUT2D eigenvalue weighted by molar-refractivity contribution is 6.42. The standard InChI is InChI=1S/2C15H12O.C6H16O3Si.C5H14O2Si/c2*1-16-15-13-8-4-2-6-11(13)10-12-7-3-5-9-14(12)15;1-4-7-10(8-5-2)9-6-3;1-4-6-8(3)7-5-2/h2*2-10H,1H3;10H,4-6H2,1-3H3;8H,4-5H2,1-3H3. The van der Waals surface area contributed by atoms with Gasteiger partial charge in [0, 0.05) is 54.6 Å². The lowest BCUT2D eigenvalue weighted by Gasteiger charge is -2.12. The quantitative estimate of drug-likeness (QED) is 0.0924. The molecule has 0 spiro atoms. The fraction of sp³-hybridized carbons (Fsp3) is 0.317. The molecule has 0 bridgehead atoms. The third kappa shape index (κ3) is 11.9. The fourth-order valence-electron chi connectivity index (χ4n) is 5.45. The lowest BCUT2D eigenvalue weighted by Crippen LogP contribution is -2.27. The van der Waals surface area contributed by atoms with E-state index in [-0.39, 0.29) is 0 Å². The van der Waals surface area contributed by atoms with E-state index in [1.165, 1.54) is 43.1 Å². The molecule has 0 aliphatic heterocycles. The summed E-state index contributed by atoms with van der Waals surface area (Å²) >= 11 is 0. The van der Waals surface area contributed by atoms with Crippen molar-refractivity contribution in [3.63, 3.8) is 0 Å². The van der Waals surface area contributed by atoms with Crippen molar-refractivity contribution in [3.05, 3.63) is 109 Å². The Bertz CT molecular complexity index is 1600. The van der Waals surface area contributed by atoms with Crippen molar-refractivity contribution in [2.75, 3.05) is 47.3 Å². The Kier molecular flexibility index (Phi) is 18.5. The molecule has 0 aliphatic rings. The number of rotatable bonds is 12. The Hall–Kier alpha value is -3.81. The molecule has 6 rings (SSSR count). The second-order valence-electron chi connectivity index (χ2n) is 10.8. The number of fused-ring (bicyclic) bond motifs is 4. The van der Waals surface area contributed by atoms with Crippen LogP contribution in [0.5, 0.6) is 11.5 Å². The predicted octanol–water partition coefficient (Wildman–Crippen LogP) is 9.73. The van der Waals surface area contributed by atoms with Crippen LogP contribution < -0.4 is 9.47 Å². The molecule has 6 aromatic carbocycles. The molecular formula is C41H54O7Si2. The van der Waals surface area contributed by atoms with E-state index in [1.54, 1.807) is 14.2 Å². The average Bonchev–Trinajstić information content (AvgIpc) is 3.14. The van der Waals surface area contributed by atoms with Crippen LogP contribution in [-0.2, 0) is 22.1 Å². The van der Waals surface area contributed by atoms with E-state index in [9.17, 15) is 0 Å². The monoisotopic (exact) mass is 714 g/mol. The second-order valence-corrected chi connectivity index (χ2v) is 14.2. The first kappa shape index (κ1) is 40.6. The molecule has 0 unspecified atom stereocenters. The summed E-state index contributed by atoms with van der Waals surface area (Å²) in [7, 11) is 0.525. The SMILES string of the molecule is CCO[SiH](C)OCC.CCO[SiH](OCC)OCC.COc1c2ccccc2cc2ccccc12.COc1c2ccccc2cc2ccccc12. The first-order valence-corrected chi connectivity index (χ1v) is 20.9. The van der Waals surface area contributed by atoms with Gasteiger partial charge in [-0.25, -0.2) is 0 Å². The smallest absolute Gasteiger partial charge is 0.484 e. The van der Waals surface area contributed by atoms with E-state index in [2.05, 4.69) is 84.9 Å². The zero-order valence-corrected chi connectivity index (χ0v) is 33.2. The van der Waals surface area contributed by atoms with E-state index in [0.717, 1.165) is 24.7 Å². The van der Waals surface area contributed by atoms with Gasteiger partial charge in [0.1, 0.15) is 11.5 Å². The fourth-order valence-corrected chi connectivity index (χ4v) is 7.59. The summed E-state index contributed by atoms with van der Waals surface area (Å²) in [4.78, 5) is 0. The average molecular weight is 715 g/mol. The number of ether oxygens (including phenoxy) is 2. The lowest BCUT2D eigenvalue weighted by molar-refractivity contribution is 0.107. The van der Waals surface area contributed by atoms with E-state index >= 15 is 0 Å². The van der Waals surface area contributed by atoms with E-state index in [0.29, 0.717) is 19.8 Å². The Labute approximate surface area is 301 Å². The molecule has 0 radical (unpaired) electrons. The van der Waals surface area contributed by atoms with Crippen molar-refractivity contribution in [1.29, 1.82) is 0 Å². The molecule has 0 amide bonds. The van der Waals surface area contributed by atoms with Gasteiger partial charge in [-0.3, -0.25) is 0 Å². The maximum Gasteiger partial charge on any atom is 0.484 e. The van der Waals surface area contributed by atoms with Crippen LogP contribution in [0.3, 0.4) is 0 Å². The largest absolute Gasteiger partial charge is 0.495 e. The number of hydrogen-bond acceptors (Lipinski definition) is 7. The highest BCUT2D eigenvalue weighted by Gasteiger charge is 2.11. The van der Waals surface area contributed by atoms with Crippen LogP contribution in [0, 0.1) is 0 Å². The minimum absolute atomic E-state index is 0.677. The van der Waals surface area contributed by atoms with Crippen LogP contribution in [0.1, 0.15) is 34.6 Å². The maximum atomic E-state index is 5.54. The van der Waals surface area contributed by atoms with Gasteiger partial charge in [-0.2, -0.15) is 0 Å². The molecule has 268 valence electrons. The van der Waals surface area contributed by atoms with Crippen LogP contribution in [0.2, 0.25) is 6.55 Å². The van der Waals surface area contributed by atoms with Gasteiger partial charge in [-0.1, -0.05) is 97.1 Å². The van der Waals surface area contributed by atoms with Crippen molar-refractivity contribution in [2.24, 2.45) is 0 Å². The van der Waals surface area contributed by atoms with Gasteiger partial charge in [0.2, 0.25) is 0 Å². The van der Waals surface area contributed by atoms with Crippen LogP contribution in [0.25, 0.3) is 43.1 Å². The zero-order valence-electron chi connectivity index (χ0n) is 30.9. The Balaban J connectivity index is 0.000000189. The molecule has 6 aromatic rings. The molecule has 7 nitrogen and oxygen atoms in total. The molecule has 0 aromatic heterocycles. The van der Waals surface area contributed by atoms with Crippen LogP contribution in [0.4, 0.5) is 0 Å². The summed E-state index contributed by atoms with van der Waals surface area (Å²) in [6.45, 7) is 15.4. The summed E-state index contributed by atoms with van der Waals surface area (Å²) in [5.74, 6) is 1.93. The Morgan fingerprint density at radius 3 is 0.900 bits per heavy atom. The minimum atomic E-state index is -1.73. The Morgan fingerprint density at radius 2 is 0.660 bits per heavy atom. The summed E-state index contributed by atoms with van der Waals surface area (Å²) < 4.78 is 37.1. The number of methoxy groups -OCH3 is 2. The second kappa shape index (κ2) is 22.8. The molecular weight excluding hydrogens is 661 g/mol. The zero-order chi connectivity index (χ0) is 36.1. The Morgan fingerprint density at radius 1 is 0.400 bits per heavy atom. The van der Waals surface area contributed by atoms with Gasteiger partial charge in [-0.15, -0.1) is 0 Å². The first-order valence-electron chi connectivity index (χ1n) is 17.4. The number of hydrogen-bond donors (Lipinski definition) is 0. The van der Waals surface area contributed by atoms with Gasteiger partial charge >= 0.3 is 18.8 Å². The van der Waals surface area contributed by atoms with Gasteiger partial charge < -0.3 is 31.6 Å². The van der Waals surface area contributed by atoms with Gasteiger partial charge in [0.05, 0.1) is 14.2 Å². The third-order valence-electron chi connectivity index (χ3n) is 7.56. The molecule has 0 heterocycles.